The van der Waals surface area contributed by atoms with E-state index in [1.807, 2.05) is 30.3 Å². The van der Waals surface area contributed by atoms with Gasteiger partial charge in [0.05, 0.1) is 6.61 Å². The van der Waals surface area contributed by atoms with Crippen LogP contribution in [0.1, 0.15) is 26.3 Å². The van der Waals surface area contributed by atoms with E-state index < -0.39 is 17.5 Å². The Morgan fingerprint density at radius 2 is 1.63 bits per heavy atom. The zero-order chi connectivity index (χ0) is 14.3. The molecule has 0 amide bonds. The number of carbonyl (C=O) groups is 2. The van der Waals surface area contributed by atoms with Gasteiger partial charge in [0, 0.05) is 0 Å². The van der Waals surface area contributed by atoms with E-state index in [0.717, 1.165) is 5.56 Å². The third kappa shape index (κ3) is 4.69. The quantitative estimate of drug-likeness (QED) is 0.461. The second kappa shape index (κ2) is 6.86. The lowest BCUT2D eigenvalue weighted by atomic mass is 9.99. The van der Waals surface area contributed by atoms with Crippen molar-refractivity contribution in [1.82, 2.24) is 0 Å². The first-order valence-electron chi connectivity index (χ1n) is 5.76. The fourth-order valence-corrected chi connectivity index (χ4v) is 1.21. The average Bonchev–Trinajstić information content (AvgIpc) is 2.43. The second-order valence-electron chi connectivity index (χ2n) is 4.11. The smallest absolute Gasteiger partial charge is 0.285 e. The van der Waals surface area contributed by atoms with Gasteiger partial charge in [0.25, 0.3) is 0 Å². The lowest BCUT2D eigenvalue weighted by Gasteiger charge is -2.22. The fourth-order valence-electron chi connectivity index (χ4n) is 1.21. The molecular formula is C13H16O6. The van der Waals surface area contributed by atoms with Crippen molar-refractivity contribution < 1.29 is 29.1 Å². The number of hydrogen-bond acceptors (Lipinski definition) is 6. The zero-order valence-corrected chi connectivity index (χ0v) is 11.0. The minimum atomic E-state index is -1.28. The predicted octanol–water partition coefficient (Wildman–Crippen LogP) is 1.89. The highest BCUT2D eigenvalue weighted by Crippen LogP contribution is 2.24. The summed E-state index contributed by atoms with van der Waals surface area (Å²) in [6.45, 7) is 5.13. The van der Waals surface area contributed by atoms with Gasteiger partial charge in [0.15, 0.2) is 0 Å². The van der Waals surface area contributed by atoms with Crippen molar-refractivity contribution >= 4 is 11.9 Å². The van der Waals surface area contributed by atoms with Crippen LogP contribution in [0.5, 0.6) is 0 Å². The number of benzene rings is 1. The first kappa shape index (κ1) is 15.1. The van der Waals surface area contributed by atoms with E-state index in [2.05, 4.69) is 14.7 Å². The molecule has 0 aromatic heterocycles. The van der Waals surface area contributed by atoms with Gasteiger partial charge in [-0.05, 0) is 26.3 Å². The lowest BCUT2D eigenvalue weighted by molar-refractivity contribution is -0.334. The third-order valence-electron chi connectivity index (χ3n) is 2.21. The van der Waals surface area contributed by atoms with E-state index in [0.29, 0.717) is 0 Å². The molecule has 1 rings (SSSR count). The maximum absolute atomic E-state index is 11.2. The lowest BCUT2D eigenvalue weighted by Crippen LogP contribution is -2.27. The Morgan fingerprint density at radius 3 is 2.21 bits per heavy atom. The zero-order valence-electron chi connectivity index (χ0n) is 11.0. The molecule has 104 valence electrons. The molecule has 0 N–H and O–H groups in total. The van der Waals surface area contributed by atoms with Crippen molar-refractivity contribution in [1.29, 1.82) is 0 Å². The van der Waals surface area contributed by atoms with Gasteiger partial charge in [-0.3, -0.25) is 9.78 Å². The monoisotopic (exact) mass is 268 g/mol. The first-order valence-corrected chi connectivity index (χ1v) is 5.76. The molecule has 0 fully saturated rings. The van der Waals surface area contributed by atoms with Gasteiger partial charge in [-0.2, -0.15) is 9.78 Å². The van der Waals surface area contributed by atoms with Crippen LogP contribution in [0.4, 0.5) is 0 Å². The highest BCUT2D eigenvalue weighted by molar-refractivity contribution is 6.29. The van der Waals surface area contributed by atoms with Crippen LogP contribution in [-0.2, 0) is 34.7 Å². The summed E-state index contributed by atoms with van der Waals surface area (Å²) in [5.74, 6) is -2.55. The van der Waals surface area contributed by atoms with E-state index in [-0.39, 0.29) is 6.61 Å². The Hall–Kier alpha value is -1.92. The van der Waals surface area contributed by atoms with E-state index in [1.54, 1.807) is 20.8 Å². The maximum atomic E-state index is 11.2. The molecule has 0 aliphatic heterocycles. The van der Waals surface area contributed by atoms with Crippen LogP contribution in [0.15, 0.2) is 30.3 Å². The molecule has 0 unspecified atom stereocenters. The SMILES string of the molecule is CCOOC(=O)C(=O)OOC(C)(C)c1ccccc1. The van der Waals surface area contributed by atoms with Crippen LogP contribution in [0.3, 0.4) is 0 Å². The van der Waals surface area contributed by atoms with Crippen LogP contribution in [0.25, 0.3) is 0 Å². The molecule has 0 spiro atoms. The van der Waals surface area contributed by atoms with Crippen LogP contribution in [0.2, 0.25) is 0 Å². The largest absolute Gasteiger partial charge is 0.453 e. The highest BCUT2D eigenvalue weighted by Gasteiger charge is 2.28. The molecule has 1 aromatic carbocycles. The van der Waals surface area contributed by atoms with Crippen LogP contribution in [0, 0.1) is 0 Å². The third-order valence-corrected chi connectivity index (χ3v) is 2.21. The molecule has 0 aliphatic rings. The molecule has 0 atom stereocenters. The maximum Gasteiger partial charge on any atom is 0.453 e. The Kier molecular flexibility index (Phi) is 5.47. The molecule has 0 radical (unpaired) electrons. The normalized spacial score (nSPS) is 10.9. The van der Waals surface area contributed by atoms with Crippen molar-refractivity contribution in [2.45, 2.75) is 26.4 Å². The average molecular weight is 268 g/mol. The standard InChI is InChI=1S/C13H16O6/c1-4-16-17-11(14)12(15)18-19-13(2,3)10-8-6-5-7-9-10/h5-9H,4H2,1-3H3. The van der Waals surface area contributed by atoms with Gasteiger partial charge in [-0.25, -0.2) is 9.59 Å². The molecule has 1 aromatic rings. The Bertz CT molecular complexity index is 426. The van der Waals surface area contributed by atoms with Crippen LogP contribution in [-0.4, -0.2) is 18.5 Å². The van der Waals surface area contributed by atoms with Gasteiger partial charge in [-0.15, -0.1) is 0 Å². The molecule has 19 heavy (non-hydrogen) atoms. The van der Waals surface area contributed by atoms with Crippen molar-refractivity contribution in [3.8, 4) is 0 Å². The van der Waals surface area contributed by atoms with Gasteiger partial charge in [-0.1, -0.05) is 30.3 Å². The predicted molar refractivity (Wildman–Crippen MR) is 64.4 cm³/mol. The molecule has 0 aliphatic carbocycles. The molecular weight excluding hydrogens is 252 g/mol. The Labute approximate surface area is 111 Å². The minimum absolute atomic E-state index is 0.134. The van der Waals surface area contributed by atoms with Gasteiger partial charge < -0.3 is 0 Å². The Balaban J connectivity index is 2.52. The van der Waals surface area contributed by atoms with Crippen molar-refractivity contribution in [2.75, 3.05) is 6.61 Å². The number of carbonyl (C=O) groups excluding carboxylic acids is 2. The Morgan fingerprint density at radius 1 is 1.05 bits per heavy atom. The molecule has 6 heteroatoms. The van der Waals surface area contributed by atoms with Crippen molar-refractivity contribution in [3.05, 3.63) is 35.9 Å². The summed E-state index contributed by atoms with van der Waals surface area (Å²) in [4.78, 5) is 40.1. The molecule has 0 heterocycles. The van der Waals surface area contributed by atoms with Crippen LogP contribution < -0.4 is 0 Å². The molecule has 0 bridgehead atoms. The minimum Gasteiger partial charge on any atom is -0.285 e. The molecule has 0 saturated heterocycles. The van der Waals surface area contributed by atoms with E-state index >= 15 is 0 Å². The summed E-state index contributed by atoms with van der Waals surface area (Å²) in [7, 11) is 0. The van der Waals surface area contributed by atoms with Gasteiger partial charge in [0.1, 0.15) is 5.60 Å². The molecule has 0 saturated carbocycles. The van der Waals surface area contributed by atoms with Crippen molar-refractivity contribution in [2.24, 2.45) is 0 Å². The molecule has 6 nitrogen and oxygen atoms in total. The second-order valence-corrected chi connectivity index (χ2v) is 4.11. The summed E-state index contributed by atoms with van der Waals surface area (Å²) < 4.78 is 0. The first-order chi connectivity index (χ1) is 8.97. The highest BCUT2D eigenvalue weighted by atomic mass is 17.2. The summed E-state index contributed by atoms with van der Waals surface area (Å²) in [5.41, 5.74) is -0.0935. The van der Waals surface area contributed by atoms with E-state index in [1.165, 1.54) is 0 Å². The van der Waals surface area contributed by atoms with Gasteiger partial charge in [0.2, 0.25) is 0 Å². The van der Waals surface area contributed by atoms with E-state index in [4.69, 9.17) is 4.89 Å². The summed E-state index contributed by atoms with van der Waals surface area (Å²) in [6.07, 6.45) is 0. The number of rotatable bonds is 5. The topological polar surface area (TPSA) is 71.1 Å². The van der Waals surface area contributed by atoms with E-state index in [9.17, 15) is 9.59 Å². The summed E-state index contributed by atoms with van der Waals surface area (Å²) in [5, 5.41) is 0. The number of hydrogen-bond donors (Lipinski definition) is 0. The van der Waals surface area contributed by atoms with Crippen molar-refractivity contribution in [3.63, 3.8) is 0 Å². The van der Waals surface area contributed by atoms with Gasteiger partial charge >= 0.3 is 11.9 Å². The van der Waals surface area contributed by atoms with Crippen LogP contribution >= 0.6 is 0 Å². The summed E-state index contributed by atoms with van der Waals surface area (Å²) >= 11 is 0. The summed E-state index contributed by atoms with van der Waals surface area (Å²) in [6, 6.07) is 9.13. The fraction of sp³-hybridized carbons (Fsp3) is 0.385.